The average molecular weight is 366 g/mol. The van der Waals surface area contributed by atoms with Gasteiger partial charge in [0.1, 0.15) is 12.4 Å². The number of carbonyl (C=O) groups is 2. The summed E-state index contributed by atoms with van der Waals surface area (Å²) in [6, 6.07) is 5.53. The molecule has 0 atom stereocenters. The summed E-state index contributed by atoms with van der Waals surface area (Å²) in [4.78, 5) is 23.0. The minimum Gasteiger partial charge on any atom is -0.489 e. The summed E-state index contributed by atoms with van der Waals surface area (Å²) in [6.45, 7) is 3.95. The van der Waals surface area contributed by atoms with Gasteiger partial charge in [-0.2, -0.15) is 5.10 Å². The van der Waals surface area contributed by atoms with E-state index in [0.717, 1.165) is 17.3 Å². The SMILES string of the molecule is C=CCOc1ccc(Br)cc1/C=N\NC(=O)C(=O)NC1CC1. The van der Waals surface area contributed by atoms with Crippen molar-refractivity contribution >= 4 is 34.0 Å². The smallest absolute Gasteiger partial charge is 0.329 e. The molecule has 1 aromatic rings. The Balaban J connectivity index is 1.95. The minimum absolute atomic E-state index is 0.131. The van der Waals surface area contributed by atoms with Crippen LogP contribution in [0.1, 0.15) is 18.4 Å². The first-order valence-electron chi connectivity index (χ1n) is 6.77. The Morgan fingerprint density at radius 2 is 2.18 bits per heavy atom. The zero-order valence-electron chi connectivity index (χ0n) is 11.8. The summed E-state index contributed by atoms with van der Waals surface area (Å²) in [7, 11) is 0. The van der Waals surface area contributed by atoms with Crippen molar-refractivity contribution in [2.75, 3.05) is 6.61 Å². The minimum atomic E-state index is -0.785. The molecule has 116 valence electrons. The van der Waals surface area contributed by atoms with Crippen molar-refractivity contribution in [3.63, 3.8) is 0 Å². The van der Waals surface area contributed by atoms with Gasteiger partial charge in [0.25, 0.3) is 0 Å². The predicted molar refractivity (Wildman–Crippen MR) is 86.7 cm³/mol. The van der Waals surface area contributed by atoms with Crippen molar-refractivity contribution in [3.8, 4) is 5.75 Å². The lowest BCUT2D eigenvalue weighted by Gasteiger charge is -2.07. The van der Waals surface area contributed by atoms with E-state index >= 15 is 0 Å². The Morgan fingerprint density at radius 3 is 2.86 bits per heavy atom. The number of amides is 2. The molecule has 0 aromatic heterocycles. The standard InChI is InChI=1S/C15H16BrN3O3/c1-2-7-22-13-6-3-11(16)8-10(13)9-17-19-15(21)14(20)18-12-4-5-12/h2-3,6,8-9,12H,1,4-5,7H2,(H,18,20)(H,19,21)/b17-9-. The van der Waals surface area contributed by atoms with Crippen LogP contribution in [0.15, 0.2) is 40.4 Å². The van der Waals surface area contributed by atoms with Crippen molar-refractivity contribution in [2.45, 2.75) is 18.9 Å². The van der Waals surface area contributed by atoms with Crippen LogP contribution in [0, 0.1) is 0 Å². The maximum absolute atomic E-state index is 11.5. The van der Waals surface area contributed by atoms with E-state index in [0.29, 0.717) is 17.9 Å². The van der Waals surface area contributed by atoms with Crippen molar-refractivity contribution in [1.82, 2.24) is 10.7 Å². The van der Waals surface area contributed by atoms with Gasteiger partial charge in [-0.25, -0.2) is 5.43 Å². The normalized spacial score (nSPS) is 13.7. The Hall–Kier alpha value is -2.15. The summed E-state index contributed by atoms with van der Waals surface area (Å²) in [5.41, 5.74) is 2.86. The molecule has 0 heterocycles. The monoisotopic (exact) mass is 365 g/mol. The Morgan fingerprint density at radius 1 is 1.41 bits per heavy atom. The zero-order valence-corrected chi connectivity index (χ0v) is 13.4. The number of halogens is 1. The van der Waals surface area contributed by atoms with Crippen LogP contribution in [-0.2, 0) is 9.59 Å². The van der Waals surface area contributed by atoms with Gasteiger partial charge in [-0.05, 0) is 31.0 Å². The van der Waals surface area contributed by atoms with Crippen LogP contribution in [0.25, 0.3) is 0 Å². The van der Waals surface area contributed by atoms with Crippen molar-refractivity contribution in [1.29, 1.82) is 0 Å². The highest BCUT2D eigenvalue weighted by Gasteiger charge is 2.26. The molecule has 0 aliphatic heterocycles. The van der Waals surface area contributed by atoms with Crippen molar-refractivity contribution in [3.05, 3.63) is 40.9 Å². The highest BCUT2D eigenvalue weighted by Crippen LogP contribution is 2.21. The van der Waals surface area contributed by atoms with Crippen molar-refractivity contribution < 1.29 is 14.3 Å². The maximum Gasteiger partial charge on any atom is 0.329 e. The van der Waals surface area contributed by atoms with E-state index in [2.05, 4.69) is 38.4 Å². The molecule has 1 aliphatic rings. The largest absolute Gasteiger partial charge is 0.489 e. The van der Waals surface area contributed by atoms with E-state index < -0.39 is 11.8 Å². The summed E-state index contributed by atoms with van der Waals surface area (Å²) in [5, 5.41) is 6.37. The quantitative estimate of drug-likeness (QED) is 0.348. The molecule has 7 heteroatoms. The van der Waals surface area contributed by atoms with E-state index in [-0.39, 0.29) is 6.04 Å². The molecule has 0 unspecified atom stereocenters. The number of hydrogen-bond acceptors (Lipinski definition) is 4. The third kappa shape index (κ3) is 5.00. The molecule has 2 rings (SSSR count). The molecule has 0 spiro atoms. The van der Waals surface area contributed by atoms with Gasteiger partial charge in [0, 0.05) is 16.1 Å². The second-order valence-corrected chi connectivity index (χ2v) is 5.64. The first kappa shape index (κ1) is 16.2. The number of benzene rings is 1. The van der Waals surface area contributed by atoms with E-state index in [9.17, 15) is 9.59 Å². The number of nitrogens with zero attached hydrogens (tertiary/aromatic N) is 1. The number of nitrogens with one attached hydrogen (secondary N) is 2. The Labute approximate surface area is 136 Å². The fraction of sp³-hybridized carbons (Fsp3) is 0.267. The van der Waals surface area contributed by atoms with Gasteiger partial charge in [-0.1, -0.05) is 28.6 Å². The third-order valence-electron chi connectivity index (χ3n) is 2.82. The van der Waals surface area contributed by atoms with Gasteiger partial charge < -0.3 is 10.1 Å². The van der Waals surface area contributed by atoms with Gasteiger partial charge >= 0.3 is 11.8 Å². The van der Waals surface area contributed by atoms with Gasteiger partial charge in [-0.15, -0.1) is 0 Å². The molecular formula is C15H16BrN3O3. The van der Waals surface area contributed by atoms with E-state index in [1.54, 1.807) is 18.2 Å². The highest BCUT2D eigenvalue weighted by atomic mass is 79.9. The molecule has 0 radical (unpaired) electrons. The Kier molecular flexibility index (Phi) is 5.71. The second kappa shape index (κ2) is 7.74. The Bertz CT molecular complexity index is 612. The van der Waals surface area contributed by atoms with Crippen LogP contribution in [0.3, 0.4) is 0 Å². The number of hydrogen-bond donors (Lipinski definition) is 2. The maximum atomic E-state index is 11.5. The number of carbonyl (C=O) groups excluding carboxylic acids is 2. The third-order valence-corrected chi connectivity index (χ3v) is 3.31. The summed E-state index contributed by atoms with van der Waals surface area (Å²) in [6.07, 6.45) is 4.90. The van der Waals surface area contributed by atoms with Crippen LogP contribution >= 0.6 is 15.9 Å². The first-order chi connectivity index (χ1) is 10.6. The molecule has 2 N–H and O–H groups in total. The summed E-state index contributed by atoms with van der Waals surface area (Å²) in [5.74, 6) is -0.854. The van der Waals surface area contributed by atoms with E-state index in [4.69, 9.17) is 4.74 Å². The molecular weight excluding hydrogens is 350 g/mol. The lowest BCUT2D eigenvalue weighted by Crippen LogP contribution is -2.38. The highest BCUT2D eigenvalue weighted by molar-refractivity contribution is 9.10. The predicted octanol–water partition coefficient (Wildman–Crippen LogP) is 1.74. The van der Waals surface area contributed by atoms with Crippen molar-refractivity contribution in [2.24, 2.45) is 5.10 Å². The molecule has 0 saturated heterocycles. The van der Waals surface area contributed by atoms with Crippen LogP contribution in [0.4, 0.5) is 0 Å². The molecule has 1 aromatic carbocycles. The molecule has 22 heavy (non-hydrogen) atoms. The molecule has 6 nitrogen and oxygen atoms in total. The molecule has 1 fully saturated rings. The van der Waals surface area contributed by atoms with Crippen LogP contribution in [0.2, 0.25) is 0 Å². The van der Waals surface area contributed by atoms with E-state index in [1.807, 2.05) is 6.07 Å². The van der Waals surface area contributed by atoms with Gasteiger partial charge in [-0.3, -0.25) is 9.59 Å². The number of hydrazone groups is 1. The van der Waals surface area contributed by atoms with Crippen LogP contribution in [-0.4, -0.2) is 30.7 Å². The molecule has 2 amide bonds. The molecule has 1 aliphatic carbocycles. The average Bonchev–Trinajstić information content (AvgIpc) is 3.30. The molecule has 0 bridgehead atoms. The van der Waals surface area contributed by atoms with Crippen LogP contribution in [0.5, 0.6) is 5.75 Å². The van der Waals surface area contributed by atoms with Gasteiger partial charge in [0.05, 0.1) is 6.21 Å². The first-order valence-corrected chi connectivity index (χ1v) is 7.56. The molecule has 1 saturated carbocycles. The van der Waals surface area contributed by atoms with Crippen LogP contribution < -0.4 is 15.5 Å². The lowest BCUT2D eigenvalue weighted by molar-refractivity contribution is -0.139. The van der Waals surface area contributed by atoms with E-state index in [1.165, 1.54) is 6.21 Å². The fourth-order valence-corrected chi connectivity index (χ4v) is 1.97. The topological polar surface area (TPSA) is 79.8 Å². The second-order valence-electron chi connectivity index (χ2n) is 4.73. The fourth-order valence-electron chi connectivity index (χ4n) is 1.59. The summed E-state index contributed by atoms with van der Waals surface area (Å²) < 4.78 is 6.33. The van der Waals surface area contributed by atoms with Gasteiger partial charge in [0.2, 0.25) is 0 Å². The zero-order chi connectivity index (χ0) is 15.9. The lowest BCUT2D eigenvalue weighted by atomic mass is 10.2. The number of rotatable bonds is 6. The van der Waals surface area contributed by atoms with Gasteiger partial charge in [0.15, 0.2) is 0 Å². The summed E-state index contributed by atoms with van der Waals surface area (Å²) >= 11 is 3.35. The number of ether oxygens (including phenoxy) is 1.